The number of amides is 3. The third-order valence-corrected chi connectivity index (χ3v) is 3.56. The number of nitrogens with one attached hydrogen (secondary N) is 1. The normalized spacial score (nSPS) is 22.6. The summed E-state index contributed by atoms with van der Waals surface area (Å²) in [6.07, 6.45) is 0. The molecule has 0 saturated carbocycles. The standard InChI is InChI=1S/C14H13N3O4/c1-8(11(18)19)17-12(20)14(2,16-13(17)21)10-5-3-9(7-15)4-6-10/h3-6,8H,1-2H3,(H,16,21)(H,18,19). The van der Waals surface area contributed by atoms with Gasteiger partial charge in [-0.25, -0.2) is 14.5 Å². The molecule has 1 aromatic rings. The summed E-state index contributed by atoms with van der Waals surface area (Å²) in [5.74, 6) is -1.89. The van der Waals surface area contributed by atoms with Crippen LogP contribution in [0.4, 0.5) is 4.79 Å². The van der Waals surface area contributed by atoms with Gasteiger partial charge in [-0.2, -0.15) is 5.26 Å². The van der Waals surface area contributed by atoms with Crippen LogP contribution in [0.15, 0.2) is 24.3 Å². The Balaban J connectivity index is 2.40. The summed E-state index contributed by atoms with van der Waals surface area (Å²) in [4.78, 5) is 36.1. The topological polar surface area (TPSA) is 110 Å². The van der Waals surface area contributed by atoms with Gasteiger partial charge in [0.15, 0.2) is 0 Å². The fourth-order valence-electron chi connectivity index (χ4n) is 2.20. The first-order valence-corrected chi connectivity index (χ1v) is 6.20. The Morgan fingerprint density at radius 1 is 1.38 bits per heavy atom. The fraction of sp³-hybridized carbons (Fsp3) is 0.286. The monoisotopic (exact) mass is 287 g/mol. The second kappa shape index (κ2) is 4.90. The minimum atomic E-state index is -1.34. The lowest BCUT2D eigenvalue weighted by atomic mass is 9.91. The number of hydrogen-bond acceptors (Lipinski definition) is 4. The Bertz CT molecular complexity index is 662. The maximum absolute atomic E-state index is 12.5. The smallest absolute Gasteiger partial charge is 0.326 e. The quantitative estimate of drug-likeness (QED) is 0.799. The van der Waals surface area contributed by atoms with E-state index in [1.165, 1.54) is 26.0 Å². The molecule has 0 radical (unpaired) electrons. The van der Waals surface area contributed by atoms with Crippen molar-refractivity contribution in [3.05, 3.63) is 35.4 Å². The van der Waals surface area contributed by atoms with Crippen LogP contribution in [0.3, 0.4) is 0 Å². The van der Waals surface area contributed by atoms with Crippen molar-refractivity contribution in [1.82, 2.24) is 10.2 Å². The van der Waals surface area contributed by atoms with E-state index in [0.29, 0.717) is 16.0 Å². The molecule has 7 nitrogen and oxygen atoms in total. The van der Waals surface area contributed by atoms with Gasteiger partial charge in [0.2, 0.25) is 0 Å². The SMILES string of the molecule is CC(C(=O)O)N1C(=O)NC(C)(c2ccc(C#N)cc2)C1=O. The first-order chi connectivity index (χ1) is 9.81. The zero-order valence-electron chi connectivity index (χ0n) is 11.5. The number of carbonyl (C=O) groups is 3. The molecule has 2 rings (SSSR count). The van der Waals surface area contributed by atoms with E-state index in [4.69, 9.17) is 10.4 Å². The number of imide groups is 1. The number of carboxylic acid groups (broad SMARTS) is 1. The Morgan fingerprint density at radius 2 is 1.95 bits per heavy atom. The third kappa shape index (κ3) is 2.21. The van der Waals surface area contributed by atoms with Gasteiger partial charge in [0.25, 0.3) is 5.91 Å². The summed E-state index contributed by atoms with van der Waals surface area (Å²) < 4.78 is 0. The number of carbonyl (C=O) groups excluding carboxylic acids is 2. The first-order valence-electron chi connectivity index (χ1n) is 6.20. The molecule has 1 saturated heterocycles. The summed E-state index contributed by atoms with van der Waals surface area (Å²) in [6, 6.07) is 6.14. The Kier molecular flexibility index (Phi) is 3.39. The molecule has 1 heterocycles. The van der Waals surface area contributed by atoms with Crippen LogP contribution in [0, 0.1) is 11.3 Å². The van der Waals surface area contributed by atoms with Gasteiger partial charge in [0.1, 0.15) is 11.6 Å². The molecule has 1 aliphatic rings. The largest absolute Gasteiger partial charge is 0.480 e. The predicted octanol–water partition coefficient (Wildman–Crippen LogP) is 0.798. The number of rotatable bonds is 3. The van der Waals surface area contributed by atoms with Gasteiger partial charge in [-0.3, -0.25) is 4.79 Å². The second-order valence-corrected chi connectivity index (χ2v) is 4.93. The summed E-state index contributed by atoms with van der Waals surface area (Å²) in [7, 11) is 0. The van der Waals surface area contributed by atoms with Gasteiger partial charge in [-0.05, 0) is 31.5 Å². The summed E-state index contributed by atoms with van der Waals surface area (Å²) in [6.45, 7) is 2.77. The van der Waals surface area contributed by atoms with E-state index in [-0.39, 0.29) is 0 Å². The van der Waals surface area contributed by atoms with Gasteiger partial charge in [0, 0.05) is 0 Å². The van der Waals surface area contributed by atoms with Crippen LogP contribution in [0.25, 0.3) is 0 Å². The predicted molar refractivity (Wildman–Crippen MR) is 71.0 cm³/mol. The van der Waals surface area contributed by atoms with E-state index in [1.807, 2.05) is 6.07 Å². The van der Waals surface area contributed by atoms with Crippen LogP contribution in [0.5, 0.6) is 0 Å². The molecule has 0 bridgehead atoms. The number of carboxylic acids is 1. The highest BCUT2D eigenvalue weighted by Crippen LogP contribution is 2.30. The van der Waals surface area contributed by atoms with Crippen LogP contribution >= 0.6 is 0 Å². The Morgan fingerprint density at radius 3 is 2.43 bits per heavy atom. The highest BCUT2D eigenvalue weighted by atomic mass is 16.4. The van der Waals surface area contributed by atoms with Crippen LogP contribution in [-0.2, 0) is 15.1 Å². The molecule has 2 unspecified atom stereocenters. The zero-order valence-corrected chi connectivity index (χ0v) is 11.5. The van der Waals surface area contributed by atoms with E-state index < -0.39 is 29.5 Å². The van der Waals surface area contributed by atoms with Crippen molar-refractivity contribution in [2.75, 3.05) is 0 Å². The molecule has 0 aromatic heterocycles. The first kappa shape index (κ1) is 14.5. The minimum absolute atomic E-state index is 0.426. The summed E-state index contributed by atoms with van der Waals surface area (Å²) in [5, 5.41) is 20.3. The minimum Gasteiger partial charge on any atom is -0.480 e. The molecule has 1 fully saturated rings. The van der Waals surface area contributed by atoms with E-state index >= 15 is 0 Å². The van der Waals surface area contributed by atoms with Crippen molar-refractivity contribution in [2.45, 2.75) is 25.4 Å². The average Bonchev–Trinajstić information content (AvgIpc) is 2.69. The van der Waals surface area contributed by atoms with E-state index in [0.717, 1.165) is 0 Å². The summed E-state index contributed by atoms with van der Waals surface area (Å²) >= 11 is 0. The van der Waals surface area contributed by atoms with Gasteiger partial charge >= 0.3 is 12.0 Å². The van der Waals surface area contributed by atoms with Crippen molar-refractivity contribution in [1.29, 1.82) is 5.26 Å². The zero-order chi connectivity index (χ0) is 15.8. The molecular weight excluding hydrogens is 274 g/mol. The van der Waals surface area contributed by atoms with Crippen molar-refractivity contribution in [2.24, 2.45) is 0 Å². The number of benzene rings is 1. The maximum Gasteiger partial charge on any atom is 0.326 e. The van der Waals surface area contributed by atoms with Gasteiger partial charge in [0.05, 0.1) is 11.6 Å². The number of nitrogens with zero attached hydrogens (tertiary/aromatic N) is 2. The highest BCUT2D eigenvalue weighted by molar-refractivity contribution is 6.09. The third-order valence-electron chi connectivity index (χ3n) is 3.56. The molecule has 1 aromatic carbocycles. The lowest BCUT2D eigenvalue weighted by molar-refractivity contribution is -0.147. The molecule has 0 aliphatic carbocycles. The molecule has 7 heteroatoms. The van der Waals surface area contributed by atoms with Crippen molar-refractivity contribution >= 4 is 17.9 Å². The van der Waals surface area contributed by atoms with Crippen LogP contribution in [0.1, 0.15) is 25.0 Å². The molecule has 21 heavy (non-hydrogen) atoms. The lowest BCUT2D eigenvalue weighted by Crippen LogP contribution is -2.45. The van der Waals surface area contributed by atoms with Gasteiger partial charge in [-0.15, -0.1) is 0 Å². The molecule has 2 N–H and O–H groups in total. The van der Waals surface area contributed by atoms with Crippen LogP contribution in [0.2, 0.25) is 0 Å². The summed E-state index contributed by atoms with van der Waals surface area (Å²) in [5.41, 5.74) is -0.427. The molecule has 2 atom stereocenters. The molecule has 108 valence electrons. The fourth-order valence-corrected chi connectivity index (χ4v) is 2.20. The van der Waals surface area contributed by atoms with E-state index in [1.54, 1.807) is 12.1 Å². The number of aliphatic carboxylic acids is 1. The Labute approximate surface area is 120 Å². The van der Waals surface area contributed by atoms with Crippen LogP contribution in [-0.4, -0.2) is 34.0 Å². The van der Waals surface area contributed by atoms with Crippen molar-refractivity contribution in [3.8, 4) is 6.07 Å². The van der Waals surface area contributed by atoms with Crippen molar-refractivity contribution < 1.29 is 19.5 Å². The molecule has 0 spiro atoms. The van der Waals surface area contributed by atoms with E-state index in [2.05, 4.69) is 5.32 Å². The molecule has 3 amide bonds. The Hall–Kier alpha value is -2.88. The van der Waals surface area contributed by atoms with Gasteiger partial charge < -0.3 is 10.4 Å². The van der Waals surface area contributed by atoms with Crippen LogP contribution < -0.4 is 5.32 Å². The van der Waals surface area contributed by atoms with Crippen molar-refractivity contribution in [3.63, 3.8) is 0 Å². The average molecular weight is 287 g/mol. The second-order valence-electron chi connectivity index (χ2n) is 4.93. The maximum atomic E-state index is 12.5. The molecular formula is C14H13N3O4. The van der Waals surface area contributed by atoms with Gasteiger partial charge in [-0.1, -0.05) is 12.1 Å². The number of nitriles is 1. The highest BCUT2D eigenvalue weighted by Gasteiger charge is 2.51. The van der Waals surface area contributed by atoms with E-state index in [9.17, 15) is 14.4 Å². The number of urea groups is 1. The lowest BCUT2D eigenvalue weighted by Gasteiger charge is -2.23. The number of hydrogen-bond donors (Lipinski definition) is 2. The molecule has 1 aliphatic heterocycles.